The van der Waals surface area contributed by atoms with E-state index in [2.05, 4.69) is 91.5 Å². The molecule has 0 N–H and O–H groups in total. The van der Waals surface area contributed by atoms with Gasteiger partial charge in [-0.15, -0.1) is 24.0 Å². The summed E-state index contributed by atoms with van der Waals surface area (Å²) in [6, 6.07) is 29.7. The number of hydrogen-bond donors (Lipinski definition) is 1. The van der Waals surface area contributed by atoms with Gasteiger partial charge in [0.15, 0.2) is 0 Å². The average Bonchev–Trinajstić information content (AvgIpc) is 3.12. The van der Waals surface area contributed by atoms with E-state index in [-0.39, 0.29) is 0 Å². The normalized spacial score (nSPS) is 11.3. The minimum atomic E-state index is 0.952. The molecule has 0 spiro atoms. The smallest absolute Gasteiger partial charge is 0.125 e. The third-order valence-corrected chi connectivity index (χ3v) is 6.06. The van der Waals surface area contributed by atoms with E-state index < -0.39 is 0 Å². The molecule has 0 bridgehead atoms. The summed E-state index contributed by atoms with van der Waals surface area (Å²) in [5.41, 5.74) is 4.51. The highest BCUT2D eigenvalue weighted by molar-refractivity contribution is 7.80. The molecule has 0 saturated heterocycles. The van der Waals surface area contributed by atoms with Crippen LogP contribution in [0.1, 0.15) is 0 Å². The maximum atomic E-state index is 4.80. The minimum Gasteiger partial charge on any atom is -0.236 e. The lowest BCUT2D eigenvalue weighted by Crippen LogP contribution is -1.84. The van der Waals surface area contributed by atoms with Gasteiger partial charge < -0.3 is 0 Å². The lowest BCUT2D eigenvalue weighted by molar-refractivity contribution is 1.40. The van der Waals surface area contributed by atoms with Crippen LogP contribution in [0.2, 0.25) is 0 Å². The highest BCUT2D eigenvalue weighted by Crippen LogP contribution is 2.36. The molecule has 1 aromatic heterocycles. The number of thiol groups is 1. The van der Waals surface area contributed by atoms with Crippen molar-refractivity contribution in [1.82, 2.24) is 4.98 Å². The van der Waals surface area contributed by atoms with Crippen molar-refractivity contribution in [3.05, 3.63) is 84.9 Å². The zero-order valence-electron chi connectivity index (χ0n) is 13.9. The second-order valence-corrected chi connectivity index (χ2v) is 7.79. The monoisotopic (exact) mass is 369 g/mol. The Labute approximate surface area is 161 Å². The summed E-state index contributed by atoms with van der Waals surface area (Å²) in [6.07, 6.45) is 0. The van der Waals surface area contributed by atoms with Crippen LogP contribution in [0.4, 0.5) is 0 Å². The second kappa shape index (κ2) is 6.27. The van der Waals surface area contributed by atoms with Gasteiger partial charge in [-0.2, -0.15) is 0 Å². The number of rotatable bonds is 2. The molecular weight excluding hydrogens is 354 g/mol. The first-order valence-corrected chi connectivity index (χ1v) is 9.72. The van der Waals surface area contributed by atoms with Crippen LogP contribution in [0.5, 0.6) is 0 Å². The van der Waals surface area contributed by atoms with Crippen LogP contribution in [-0.4, -0.2) is 4.98 Å². The van der Waals surface area contributed by atoms with Gasteiger partial charge in [-0.3, -0.25) is 0 Å². The molecule has 5 rings (SSSR count). The first-order valence-electron chi connectivity index (χ1n) is 8.46. The van der Waals surface area contributed by atoms with Crippen LogP contribution in [0.25, 0.3) is 42.7 Å². The zero-order valence-corrected chi connectivity index (χ0v) is 15.6. The van der Waals surface area contributed by atoms with Gasteiger partial charge in [0.2, 0.25) is 0 Å². The Kier molecular flexibility index (Phi) is 3.77. The average molecular weight is 370 g/mol. The van der Waals surface area contributed by atoms with E-state index in [1.54, 1.807) is 11.3 Å². The zero-order chi connectivity index (χ0) is 17.5. The predicted octanol–water partition coefficient (Wildman–Crippen LogP) is 7.07. The van der Waals surface area contributed by atoms with Crippen molar-refractivity contribution in [3.8, 4) is 21.7 Å². The summed E-state index contributed by atoms with van der Waals surface area (Å²) in [6.45, 7) is 0. The van der Waals surface area contributed by atoms with Gasteiger partial charge in [0, 0.05) is 10.5 Å². The molecule has 0 fully saturated rings. The number of fused-ring (bicyclic) bond motifs is 2. The molecule has 0 aliphatic carbocycles. The van der Waals surface area contributed by atoms with E-state index in [0.29, 0.717) is 0 Å². The molecule has 0 atom stereocenters. The maximum Gasteiger partial charge on any atom is 0.125 e. The fraction of sp³-hybridized carbons (Fsp3) is 0. The number of nitrogens with zero attached hydrogens (tertiary/aromatic N) is 1. The Bertz CT molecular complexity index is 1220. The number of aromatic nitrogens is 1. The molecule has 0 amide bonds. The number of thiazole rings is 1. The van der Waals surface area contributed by atoms with Crippen LogP contribution in [0.3, 0.4) is 0 Å². The molecule has 0 radical (unpaired) electrons. The van der Waals surface area contributed by atoms with Gasteiger partial charge in [-0.05, 0) is 52.2 Å². The number of benzene rings is 4. The van der Waals surface area contributed by atoms with Gasteiger partial charge >= 0.3 is 0 Å². The van der Waals surface area contributed by atoms with E-state index >= 15 is 0 Å². The van der Waals surface area contributed by atoms with E-state index in [4.69, 9.17) is 4.98 Å². The molecule has 26 heavy (non-hydrogen) atoms. The summed E-state index contributed by atoms with van der Waals surface area (Å²) < 4.78 is 1.20. The van der Waals surface area contributed by atoms with Gasteiger partial charge in [-0.1, -0.05) is 54.6 Å². The van der Waals surface area contributed by atoms with Crippen molar-refractivity contribution in [1.29, 1.82) is 0 Å². The largest absolute Gasteiger partial charge is 0.236 e. The minimum absolute atomic E-state index is 0.952. The fourth-order valence-electron chi connectivity index (χ4n) is 3.24. The SMILES string of the molecule is Sc1ccc(-c2ccc3ccccc3c2)cc1-c1nc2ccccc2s1. The molecule has 124 valence electrons. The lowest BCUT2D eigenvalue weighted by Gasteiger charge is -2.08. The lowest BCUT2D eigenvalue weighted by atomic mass is 10.00. The molecule has 1 nitrogen and oxygen atoms in total. The van der Waals surface area contributed by atoms with E-state index in [9.17, 15) is 0 Å². The maximum absolute atomic E-state index is 4.80. The van der Waals surface area contributed by atoms with Crippen molar-refractivity contribution in [2.75, 3.05) is 0 Å². The van der Waals surface area contributed by atoms with Crippen LogP contribution >= 0.6 is 24.0 Å². The summed E-state index contributed by atoms with van der Waals surface area (Å²) in [4.78, 5) is 5.75. The first kappa shape index (κ1) is 15.6. The van der Waals surface area contributed by atoms with Gasteiger partial charge in [-0.25, -0.2) is 4.98 Å². The van der Waals surface area contributed by atoms with Crippen LogP contribution in [0.15, 0.2) is 89.8 Å². The van der Waals surface area contributed by atoms with Crippen molar-refractivity contribution >= 4 is 45.0 Å². The fourth-order valence-corrected chi connectivity index (χ4v) is 4.56. The molecule has 3 heteroatoms. The third-order valence-electron chi connectivity index (χ3n) is 4.60. The van der Waals surface area contributed by atoms with Gasteiger partial charge in [0.1, 0.15) is 5.01 Å². The van der Waals surface area contributed by atoms with Crippen molar-refractivity contribution < 1.29 is 0 Å². The Morgan fingerprint density at radius 3 is 2.31 bits per heavy atom. The molecule has 0 aliphatic rings. The molecule has 5 aromatic rings. The van der Waals surface area contributed by atoms with E-state index in [1.807, 2.05) is 6.07 Å². The first-order chi connectivity index (χ1) is 12.8. The Hall–Kier alpha value is -2.62. The molecule has 0 unspecified atom stereocenters. The van der Waals surface area contributed by atoms with Crippen LogP contribution in [0, 0.1) is 0 Å². The van der Waals surface area contributed by atoms with Crippen molar-refractivity contribution in [2.45, 2.75) is 4.90 Å². The highest BCUT2D eigenvalue weighted by Gasteiger charge is 2.11. The Morgan fingerprint density at radius 1 is 0.692 bits per heavy atom. The second-order valence-electron chi connectivity index (χ2n) is 6.28. The number of para-hydroxylation sites is 1. The number of hydrogen-bond acceptors (Lipinski definition) is 3. The van der Waals surface area contributed by atoms with Crippen LogP contribution in [-0.2, 0) is 0 Å². The topological polar surface area (TPSA) is 12.9 Å². The van der Waals surface area contributed by atoms with Gasteiger partial charge in [0.05, 0.1) is 10.2 Å². The van der Waals surface area contributed by atoms with Gasteiger partial charge in [0.25, 0.3) is 0 Å². The quantitative estimate of drug-likeness (QED) is 0.328. The molecule has 0 aliphatic heterocycles. The Balaban J connectivity index is 1.65. The van der Waals surface area contributed by atoms with Crippen LogP contribution < -0.4 is 0 Å². The summed E-state index contributed by atoms with van der Waals surface area (Å²) in [7, 11) is 0. The van der Waals surface area contributed by atoms with E-state index in [0.717, 1.165) is 21.0 Å². The standard InChI is InChI=1S/C23H15NS2/c25-21-12-11-18(17-10-9-15-5-1-2-6-16(15)13-17)14-19(21)23-24-20-7-3-4-8-22(20)26-23/h1-14,25H. The van der Waals surface area contributed by atoms with Crippen molar-refractivity contribution in [2.24, 2.45) is 0 Å². The molecule has 4 aromatic carbocycles. The summed E-state index contributed by atoms with van der Waals surface area (Å²) in [5, 5.41) is 3.52. The summed E-state index contributed by atoms with van der Waals surface area (Å²) >= 11 is 6.39. The Morgan fingerprint density at radius 2 is 1.42 bits per heavy atom. The summed E-state index contributed by atoms with van der Waals surface area (Å²) in [5.74, 6) is 0. The molecule has 1 heterocycles. The highest BCUT2D eigenvalue weighted by atomic mass is 32.1. The van der Waals surface area contributed by atoms with Crippen molar-refractivity contribution in [3.63, 3.8) is 0 Å². The molecular formula is C23H15NS2. The molecule has 0 saturated carbocycles. The van der Waals surface area contributed by atoms with E-state index in [1.165, 1.54) is 26.6 Å². The third kappa shape index (κ3) is 2.70. The predicted molar refractivity (Wildman–Crippen MR) is 115 cm³/mol.